The van der Waals surface area contributed by atoms with Crippen molar-refractivity contribution < 1.29 is 9.53 Å². The lowest BCUT2D eigenvalue weighted by molar-refractivity contribution is -0.112. The highest BCUT2D eigenvalue weighted by molar-refractivity contribution is 6.34. The van der Waals surface area contributed by atoms with Gasteiger partial charge in [0.05, 0.1) is 18.4 Å². The number of ether oxygens (including phenoxy) is 1. The van der Waals surface area contributed by atoms with E-state index in [9.17, 15) is 4.79 Å². The minimum Gasteiger partial charge on any atom is -0.496 e. The van der Waals surface area contributed by atoms with Crippen molar-refractivity contribution in [2.75, 3.05) is 26.1 Å². The van der Waals surface area contributed by atoms with Gasteiger partial charge in [0.15, 0.2) is 0 Å². The summed E-state index contributed by atoms with van der Waals surface area (Å²) in [6.45, 7) is 1.98. The Labute approximate surface area is 136 Å². The topological polar surface area (TPSA) is 32.8 Å². The summed E-state index contributed by atoms with van der Waals surface area (Å²) in [5.41, 5.74) is 4.43. The fourth-order valence-corrected chi connectivity index (χ4v) is 2.88. The van der Waals surface area contributed by atoms with Gasteiger partial charge >= 0.3 is 0 Å². The van der Waals surface area contributed by atoms with Crippen molar-refractivity contribution in [2.24, 2.45) is 0 Å². The van der Waals surface area contributed by atoms with Crippen molar-refractivity contribution in [2.45, 2.75) is 6.92 Å². The summed E-state index contributed by atoms with van der Waals surface area (Å²) in [5, 5.41) is 0. The van der Waals surface area contributed by atoms with E-state index in [1.54, 1.807) is 12.0 Å². The van der Waals surface area contributed by atoms with E-state index in [0.717, 1.165) is 28.3 Å². The molecule has 0 N–H and O–H groups in total. The third kappa shape index (κ3) is 2.57. The average molecular weight is 308 g/mol. The summed E-state index contributed by atoms with van der Waals surface area (Å²) in [4.78, 5) is 16.6. The van der Waals surface area contributed by atoms with E-state index in [4.69, 9.17) is 4.74 Å². The zero-order valence-electron chi connectivity index (χ0n) is 13.8. The SMILES string of the molecule is COc1ccc(N2C(=O)/C(=C\N(C)C)c3ccccc32)cc1C. The maximum Gasteiger partial charge on any atom is 0.265 e. The molecule has 0 atom stereocenters. The van der Waals surface area contributed by atoms with Crippen molar-refractivity contribution in [3.8, 4) is 5.75 Å². The van der Waals surface area contributed by atoms with Crippen molar-refractivity contribution in [3.05, 3.63) is 59.8 Å². The summed E-state index contributed by atoms with van der Waals surface area (Å²) in [5.74, 6) is 0.808. The predicted octanol–water partition coefficient (Wildman–Crippen LogP) is 3.58. The van der Waals surface area contributed by atoms with Gasteiger partial charge in [-0.2, -0.15) is 0 Å². The van der Waals surface area contributed by atoms with E-state index >= 15 is 0 Å². The van der Waals surface area contributed by atoms with Crippen LogP contribution in [0.25, 0.3) is 5.57 Å². The average Bonchev–Trinajstić information content (AvgIpc) is 2.79. The van der Waals surface area contributed by atoms with Crippen molar-refractivity contribution in [1.82, 2.24) is 4.90 Å². The second-order valence-corrected chi connectivity index (χ2v) is 5.82. The Kier molecular flexibility index (Phi) is 3.82. The molecule has 0 saturated heterocycles. The van der Waals surface area contributed by atoms with Gasteiger partial charge in [0.1, 0.15) is 5.75 Å². The van der Waals surface area contributed by atoms with Crippen molar-refractivity contribution in [3.63, 3.8) is 0 Å². The minimum absolute atomic E-state index is 0.00975. The number of nitrogens with zero attached hydrogens (tertiary/aromatic N) is 2. The predicted molar refractivity (Wildman–Crippen MR) is 93.0 cm³/mol. The molecule has 0 aromatic heterocycles. The van der Waals surface area contributed by atoms with Gasteiger partial charge in [-0.25, -0.2) is 0 Å². The van der Waals surface area contributed by atoms with Gasteiger partial charge in [-0.05, 0) is 36.8 Å². The fraction of sp³-hybridized carbons (Fsp3) is 0.211. The van der Waals surface area contributed by atoms with Crippen LogP contribution in [-0.2, 0) is 4.79 Å². The van der Waals surface area contributed by atoms with Crippen LogP contribution in [0, 0.1) is 6.92 Å². The minimum atomic E-state index is -0.00975. The normalized spacial score (nSPS) is 15.0. The number of anilines is 2. The first-order valence-electron chi connectivity index (χ1n) is 7.49. The van der Waals surface area contributed by atoms with E-state index < -0.39 is 0 Å². The molecule has 4 heteroatoms. The van der Waals surface area contributed by atoms with Gasteiger partial charge in [0, 0.05) is 31.5 Å². The molecular formula is C19H20N2O2. The fourth-order valence-electron chi connectivity index (χ4n) is 2.88. The number of carbonyl (C=O) groups is 1. The van der Waals surface area contributed by atoms with Crippen LogP contribution in [0.1, 0.15) is 11.1 Å². The molecule has 1 aliphatic heterocycles. The van der Waals surface area contributed by atoms with Gasteiger partial charge < -0.3 is 9.64 Å². The Morgan fingerprint density at radius 3 is 2.52 bits per heavy atom. The molecule has 1 amide bonds. The Morgan fingerprint density at radius 2 is 1.87 bits per heavy atom. The van der Waals surface area contributed by atoms with E-state index in [-0.39, 0.29) is 5.91 Å². The smallest absolute Gasteiger partial charge is 0.265 e. The van der Waals surface area contributed by atoms with E-state index in [0.29, 0.717) is 5.57 Å². The summed E-state index contributed by atoms with van der Waals surface area (Å²) in [7, 11) is 5.49. The molecule has 0 saturated carbocycles. The van der Waals surface area contributed by atoms with Crippen LogP contribution in [0.5, 0.6) is 5.75 Å². The van der Waals surface area contributed by atoms with Crippen LogP contribution in [0.2, 0.25) is 0 Å². The standard InChI is InChI=1S/C19H20N2O2/c1-13-11-14(9-10-18(13)23-4)21-17-8-6-5-7-15(17)16(19(21)22)12-20(2)3/h5-12H,1-4H3/b16-12-. The van der Waals surface area contributed by atoms with E-state index in [1.165, 1.54) is 0 Å². The number of aryl methyl sites for hydroxylation is 1. The highest BCUT2D eigenvalue weighted by Crippen LogP contribution is 2.42. The molecule has 0 radical (unpaired) electrons. The van der Waals surface area contributed by atoms with Crippen LogP contribution < -0.4 is 9.64 Å². The zero-order chi connectivity index (χ0) is 16.6. The van der Waals surface area contributed by atoms with Crippen LogP contribution in [0.3, 0.4) is 0 Å². The first kappa shape index (κ1) is 15.2. The lowest BCUT2D eigenvalue weighted by atomic mass is 10.1. The molecule has 1 aliphatic rings. The van der Waals surface area contributed by atoms with Crippen molar-refractivity contribution in [1.29, 1.82) is 0 Å². The summed E-state index contributed by atoms with van der Waals surface area (Å²) < 4.78 is 5.31. The maximum absolute atomic E-state index is 13.0. The third-order valence-electron chi connectivity index (χ3n) is 3.89. The molecule has 0 spiro atoms. The first-order valence-corrected chi connectivity index (χ1v) is 7.49. The largest absolute Gasteiger partial charge is 0.496 e. The van der Waals surface area contributed by atoms with E-state index in [2.05, 4.69) is 0 Å². The zero-order valence-corrected chi connectivity index (χ0v) is 13.8. The number of carbonyl (C=O) groups excluding carboxylic acids is 1. The van der Waals surface area contributed by atoms with Gasteiger partial charge in [0.2, 0.25) is 0 Å². The molecule has 0 aliphatic carbocycles. The monoisotopic (exact) mass is 308 g/mol. The van der Waals surface area contributed by atoms with Crippen molar-refractivity contribution >= 4 is 22.9 Å². The third-order valence-corrected chi connectivity index (χ3v) is 3.89. The molecule has 0 fully saturated rings. The highest BCUT2D eigenvalue weighted by Gasteiger charge is 2.33. The Balaban J connectivity index is 2.14. The Bertz CT molecular complexity index is 794. The highest BCUT2D eigenvalue weighted by atomic mass is 16.5. The first-order chi connectivity index (χ1) is 11.0. The number of hydrogen-bond acceptors (Lipinski definition) is 3. The summed E-state index contributed by atoms with van der Waals surface area (Å²) in [6, 6.07) is 13.7. The number of rotatable bonds is 3. The van der Waals surface area contributed by atoms with Crippen LogP contribution in [-0.4, -0.2) is 32.0 Å². The molecule has 1 heterocycles. The van der Waals surface area contributed by atoms with Gasteiger partial charge in [-0.1, -0.05) is 18.2 Å². The number of hydrogen-bond donors (Lipinski definition) is 0. The molecular weight excluding hydrogens is 288 g/mol. The summed E-state index contributed by atoms with van der Waals surface area (Å²) in [6.07, 6.45) is 1.87. The molecule has 4 nitrogen and oxygen atoms in total. The van der Waals surface area contributed by atoms with Crippen LogP contribution >= 0.6 is 0 Å². The molecule has 23 heavy (non-hydrogen) atoms. The molecule has 2 aromatic rings. The number of benzene rings is 2. The molecule has 0 bridgehead atoms. The van der Waals surface area contributed by atoms with Gasteiger partial charge in [0.25, 0.3) is 5.91 Å². The Hall–Kier alpha value is -2.75. The molecule has 2 aromatic carbocycles. The van der Waals surface area contributed by atoms with E-state index in [1.807, 2.05) is 74.6 Å². The molecule has 0 unspecified atom stereocenters. The maximum atomic E-state index is 13.0. The van der Waals surface area contributed by atoms with Gasteiger partial charge in [-0.15, -0.1) is 0 Å². The van der Waals surface area contributed by atoms with Gasteiger partial charge in [-0.3, -0.25) is 9.69 Å². The lowest BCUT2D eigenvalue weighted by Crippen LogP contribution is -2.21. The van der Waals surface area contributed by atoms with Crippen LogP contribution in [0.15, 0.2) is 48.7 Å². The lowest BCUT2D eigenvalue weighted by Gasteiger charge is -2.18. The second-order valence-electron chi connectivity index (χ2n) is 5.82. The number of para-hydroxylation sites is 1. The number of methoxy groups -OCH3 is 1. The number of fused-ring (bicyclic) bond motifs is 1. The number of amides is 1. The quantitative estimate of drug-likeness (QED) is 0.812. The molecule has 3 rings (SSSR count). The van der Waals surface area contributed by atoms with Crippen LogP contribution in [0.4, 0.5) is 11.4 Å². The molecule has 118 valence electrons. The summed E-state index contributed by atoms with van der Waals surface area (Å²) >= 11 is 0. The second kappa shape index (κ2) is 5.80. The Morgan fingerprint density at radius 1 is 1.13 bits per heavy atom.